The summed E-state index contributed by atoms with van der Waals surface area (Å²) in [5.41, 5.74) is 2.52. The lowest BCUT2D eigenvalue weighted by molar-refractivity contribution is 0.687. The predicted molar refractivity (Wildman–Crippen MR) is 65.6 cm³/mol. The Balaban J connectivity index is 2.12. The van der Waals surface area contributed by atoms with Crippen LogP contribution in [0.4, 0.5) is 5.69 Å². The number of nitrogens with zero attached hydrogens (tertiary/aromatic N) is 1. The number of anilines is 1. The van der Waals surface area contributed by atoms with E-state index in [1.165, 1.54) is 24.1 Å². The van der Waals surface area contributed by atoms with E-state index < -0.39 is 0 Å². The van der Waals surface area contributed by atoms with E-state index in [2.05, 4.69) is 16.3 Å². The second-order valence-electron chi connectivity index (χ2n) is 4.32. The molecule has 0 spiro atoms. The van der Waals surface area contributed by atoms with Crippen molar-refractivity contribution in [1.82, 2.24) is 5.32 Å². The van der Waals surface area contributed by atoms with Gasteiger partial charge in [0, 0.05) is 37.4 Å². The molecular formula is C12H17ClN2. The quantitative estimate of drug-likeness (QED) is 0.846. The Hall–Kier alpha value is -0.730. The summed E-state index contributed by atoms with van der Waals surface area (Å²) < 4.78 is 0. The van der Waals surface area contributed by atoms with Crippen molar-refractivity contribution in [2.75, 3.05) is 19.0 Å². The molecule has 1 saturated carbocycles. The molecule has 3 heteroatoms. The van der Waals surface area contributed by atoms with Crippen molar-refractivity contribution in [1.29, 1.82) is 0 Å². The van der Waals surface area contributed by atoms with Crippen LogP contribution in [0.15, 0.2) is 18.2 Å². The molecule has 0 unspecified atom stereocenters. The van der Waals surface area contributed by atoms with Crippen LogP contribution in [-0.4, -0.2) is 20.1 Å². The first kappa shape index (κ1) is 10.8. The van der Waals surface area contributed by atoms with Gasteiger partial charge in [-0.05, 0) is 30.5 Å². The van der Waals surface area contributed by atoms with Crippen molar-refractivity contribution in [3.8, 4) is 0 Å². The second-order valence-corrected chi connectivity index (χ2v) is 4.76. The molecule has 0 amide bonds. The lowest BCUT2D eigenvalue weighted by atomic mass is 10.1. The molecule has 0 aromatic heterocycles. The molecule has 1 aromatic carbocycles. The molecule has 82 valence electrons. The molecule has 1 N–H and O–H groups in total. The average molecular weight is 225 g/mol. The maximum Gasteiger partial charge on any atom is 0.0426 e. The Kier molecular flexibility index (Phi) is 3.17. The van der Waals surface area contributed by atoms with E-state index in [4.69, 9.17) is 11.6 Å². The van der Waals surface area contributed by atoms with Crippen molar-refractivity contribution >= 4 is 17.3 Å². The van der Waals surface area contributed by atoms with Crippen molar-refractivity contribution in [3.05, 3.63) is 28.8 Å². The Labute approximate surface area is 96.2 Å². The standard InChI is InChI=1S/C12H17ClN2/c1-15(2)12-7-10(13)4-3-9(12)8-14-11-5-6-11/h3-4,7,11,14H,5-6,8H2,1-2H3. The fourth-order valence-electron chi connectivity index (χ4n) is 1.64. The molecule has 0 aliphatic heterocycles. The Morgan fingerprint density at radius 3 is 2.73 bits per heavy atom. The van der Waals surface area contributed by atoms with E-state index in [0.717, 1.165) is 17.6 Å². The topological polar surface area (TPSA) is 15.3 Å². The van der Waals surface area contributed by atoms with Crippen LogP contribution in [0.5, 0.6) is 0 Å². The number of hydrogen-bond acceptors (Lipinski definition) is 2. The fourth-order valence-corrected chi connectivity index (χ4v) is 1.81. The molecule has 0 heterocycles. The van der Waals surface area contributed by atoms with E-state index in [9.17, 15) is 0 Å². The molecule has 1 aliphatic rings. The lowest BCUT2D eigenvalue weighted by Gasteiger charge is -2.18. The van der Waals surface area contributed by atoms with Gasteiger partial charge in [-0.25, -0.2) is 0 Å². The molecule has 2 nitrogen and oxygen atoms in total. The smallest absolute Gasteiger partial charge is 0.0426 e. The summed E-state index contributed by atoms with van der Waals surface area (Å²) in [7, 11) is 4.10. The number of benzene rings is 1. The largest absolute Gasteiger partial charge is 0.377 e. The third kappa shape index (κ3) is 2.86. The van der Waals surface area contributed by atoms with Crippen LogP contribution in [0.1, 0.15) is 18.4 Å². The van der Waals surface area contributed by atoms with Gasteiger partial charge in [0.1, 0.15) is 0 Å². The highest BCUT2D eigenvalue weighted by Gasteiger charge is 2.20. The van der Waals surface area contributed by atoms with E-state index in [-0.39, 0.29) is 0 Å². The van der Waals surface area contributed by atoms with Crippen LogP contribution >= 0.6 is 11.6 Å². The molecule has 1 fully saturated rings. The number of halogens is 1. The zero-order chi connectivity index (χ0) is 10.8. The highest BCUT2D eigenvalue weighted by atomic mass is 35.5. The third-order valence-electron chi connectivity index (χ3n) is 2.69. The minimum atomic E-state index is 0.746. The summed E-state index contributed by atoms with van der Waals surface area (Å²) in [5, 5.41) is 4.32. The van der Waals surface area contributed by atoms with Gasteiger partial charge in [-0.15, -0.1) is 0 Å². The average Bonchev–Trinajstić information content (AvgIpc) is 2.99. The van der Waals surface area contributed by atoms with Crippen LogP contribution in [0, 0.1) is 0 Å². The first-order chi connectivity index (χ1) is 7.16. The van der Waals surface area contributed by atoms with E-state index in [0.29, 0.717) is 0 Å². The Bertz CT molecular complexity index is 345. The minimum absolute atomic E-state index is 0.746. The van der Waals surface area contributed by atoms with Crippen LogP contribution in [0.2, 0.25) is 5.02 Å². The van der Waals surface area contributed by atoms with E-state index >= 15 is 0 Å². The molecule has 0 radical (unpaired) electrons. The highest BCUT2D eigenvalue weighted by Crippen LogP contribution is 2.25. The number of rotatable bonds is 4. The normalized spacial score (nSPS) is 15.4. The highest BCUT2D eigenvalue weighted by molar-refractivity contribution is 6.30. The van der Waals surface area contributed by atoms with Gasteiger partial charge >= 0.3 is 0 Å². The van der Waals surface area contributed by atoms with Crippen LogP contribution in [-0.2, 0) is 6.54 Å². The third-order valence-corrected chi connectivity index (χ3v) is 2.92. The van der Waals surface area contributed by atoms with Gasteiger partial charge in [0.05, 0.1) is 0 Å². The first-order valence-corrected chi connectivity index (χ1v) is 5.74. The maximum absolute atomic E-state index is 5.99. The van der Waals surface area contributed by atoms with E-state index in [1.54, 1.807) is 0 Å². The number of hydrogen-bond donors (Lipinski definition) is 1. The monoisotopic (exact) mass is 224 g/mol. The molecule has 1 aliphatic carbocycles. The molecule has 0 saturated heterocycles. The van der Waals surface area contributed by atoms with Gasteiger partial charge < -0.3 is 10.2 Å². The van der Waals surface area contributed by atoms with Gasteiger partial charge in [0.25, 0.3) is 0 Å². The van der Waals surface area contributed by atoms with Gasteiger partial charge in [-0.2, -0.15) is 0 Å². The summed E-state index contributed by atoms with van der Waals surface area (Å²) in [4.78, 5) is 2.11. The minimum Gasteiger partial charge on any atom is -0.377 e. The first-order valence-electron chi connectivity index (χ1n) is 5.36. The molecule has 1 aromatic rings. The van der Waals surface area contributed by atoms with Crippen LogP contribution in [0.3, 0.4) is 0 Å². The zero-order valence-electron chi connectivity index (χ0n) is 9.26. The van der Waals surface area contributed by atoms with Gasteiger partial charge in [0.2, 0.25) is 0 Å². The zero-order valence-corrected chi connectivity index (χ0v) is 10.0. The van der Waals surface area contributed by atoms with Crippen molar-refractivity contribution in [3.63, 3.8) is 0 Å². The number of nitrogens with one attached hydrogen (secondary N) is 1. The summed E-state index contributed by atoms with van der Waals surface area (Å²) in [6, 6.07) is 6.83. The van der Waals surface area contributed by atoms with Gasteiger partial charge in [-0.1, -0.05) is 17.7 Å². The summed E-state index contributed by atoms with van der Waals surface area (Å²) in [6.07, 6.45) is 2.65. The Morgan fingerprint density at radius 1 is 1.40 bits per heavy atom. The van der Waals surface area contributed by atoms with Gasteiger partial charge in [-0.3, -0.25) is 0 Å². The maximum atomic E-state index is 5.99. The van der Waals surface area contributed by atoms with Gasteiger partial charge in [0.15, 0.2) is 0 Å². The predicted octanol–water partition coefficient (Wildman–Crippen LogP) is 2.66. The van der Waals surface area contributed by atoms with Crippen LogP contribution in [0.25, 0.3) is 0 Å². The van der Waals surface area contributed by atoms with Crippen molar-refractivity contribution in [2.24, 2.45) is 0 Å². The molecular weight excluding hydrogens is 208 g/mol. The molecule has 15 heavy (non-hydrogen) atoms. The molecule has 0 atom stereocenters. The fraction of sp³-hybridized carbons (Fsp3) is 0.500. The SMILES string of the molecule is CN(C)c1cc(Cl)ccc1CNC1CC1. The summed E-state index contributed by atoms with van der Waals surface area (Å²) in [5.74, 6) is 0. The Morgan fingerprint density at radius 2 is 2.13 bits per heavy atom. The molecule has 2 rings (SSSR count). The summed E-state index contributed by atoms with van der Waals surface area (Å²) in [6.45, 7) is 0.940. The van der Waals surface area contributed by atoms with Crippen LogP contribution < -0.4 is 10.2 Å². The lowest BCUT2D eigenvalue weighted by Crippen LogP contribution is -2.18. The van der Waals surface area contributed by atoms with Crippen molar-refractivity contribution in [2.45, 2.75) is 25.4 Å². The molecule has 0 bridgehead atoms. The van der Waals surface area contributed by atoms with E-state index in [1.807, 2.05) is 26.2 Å². The second kappa shape index (κ2) is 4.42. The van der Waals surface area contributed by atoms with Crippen molar-refractivity contribution < 1.29 is 0 Å². The summed E-state index contributed by atoms with van der Waals surface area (Å²) >= 11 is 5.99.